The molecule has 1 heterocycles. The van der Waals surface area contributed by atoms with Crippen molar-refractivity contribution in [3.63, 3.8) is 0 Å². The average molecular weight is 350 g/mol. The van der Waals surface area contributed by atoms with Gasteiger partial charge in [-0.1, -0.05) is 12.1 Å². The Morgan fingerprint density at radius 2 is 2.14 bits per heavy atom. The molecule has 0 aliphatic rings. The Morgan fingerprint density at radius 3 is 2.76 bits per heavy atom. The summed E-state index contributed by atoms with van der Waals surface area (Å²) in [4.78, 5) is 26.6. The summed E-state index contributed by atoms with van der Waals surface area (Å²) in [6.07, 6.45) is 3.31. The van der Waals surface area contributed by atoms with Crippen LogP contribution in [0, 0.1) is 10.1 Å². The van der Waals surface area contributed by atoms with Crippen LogP contribution in [0.1, 0.15) is 28.9 Å². The van der Waals surface area contributed by atoms with Crippen molar-refractivity contribution < 1.29 is 9.72 Å². The van der Waals surface area contributed by atoms with Crippen molar-refractivity contribution in [2.75, 3.05) is 0 Å². The fourth-order valence-corrected chi connectivity index (χ4v) is 2.42. The van der Waals surface area contributed by atoms with E-state index < -0.39 is 4.92 Å². The number of nitrogens with one attached hydrogen (secondary N) is 1. The van der Waals surface area contributed by atoms with Gasteiger partial charge in [0.1, 0.15) is 4.47 Å². The molecule has 0 saturated heterocycles. The highest BCUT2D eigenvalue weighted by atomic mass is 79.9. The summed E-state index contributed by atoms with van der Waals surface area (Å²) in [6.45, 7) is 1.82. The van der Waals surface area contributed by atoms with Crippen LogP contribution in [0.3, 0.4) is 0 Å². The number of carbonyl (C=O) groups excluding carboxylic acids is 1. The Labute approximate surface area is 129 Å². The highest BCUT2D eigenvalue weighted by Crippen LogP contribution is 2.28. The first-order valence-corrected chi connectivity index (χ1v) is 6.93. The fourth-order valence-electron chi connectivity index (χ4n) is 1.83. The predicted octanol–water partition coefficient (Wildman–Crippen LogP) is 3.24. The van der Waals surface area contributed by atoms with Gasteiger partial charge in [-0.2, -0.15) is 0 Å². The van der Waals surface area contributed by atoms with Crippen LogP contribution in [0.15, 0.2) is 47.2 Å². The van der Waals surface area contributed by atoms with E-state index in [-0.39, 0.29) is 27.7 Å². The average Bonchev–Trinajstić information content (AvgIpc) is 2.47. The Kier molecular flexibility index (Phi) is 4.64. The molecular weight excluding hydrogens is 338 g/mol. The standard InChI is InChI=1S/C14H12BrN3O3/c1-9(10-4-3-7-16-8-10)17-14(19)11-5-2-6-12(13(11)15)18(20)21/h2-9H,1H3,(H,17,19). The molecule has 1 aromatic heterocycles. The van der Waals surface area contributed by atoms with Gasteiger partial charge in [-0.3, -0.25) is 19.9 Å². The summed E-state index contributed by atoms with van der Waals surface area (Å²) in [6, 6.07) is 7.72. The molecule has 1 amide bonds. The second-order valence-electron chi connectivity index (χ2n) is 4.38. The second-order valence-corrected chi connectivity index (χ2v) is 5.17. The number of rotatable bonds is 4. The number of nitro groups is 1. The Hall–Kier alpha value is -2.28. The molecule has 2 aromatic rings. The normalized spacial score (nSPS) is 11.7. The van der Waals surface area contributed by atoms with Gasteiger partial charge in [0.15, 0.2) is 0 Å². The lowest BCUT2D eigenvalue weighted by molar-refractivity contribution is -0.385. The molecule has 0 fully saturated rings. The third-order valence-corrected chi connectivity index (χ3v) is 3.79. The van der Waals surface area contributed by atoms with Crippen LogP contribution in [0.25, 0.3) is 0 Å². The summed E-state index contributed by atoms with van der Waals surface area (Å²) in [7, 11) is 0. The number of aromatic nitrogens is 1. The van der Waals surface area contributed by atoms with Gasteiger partial charge in [-0.15, -0.1) is 0 Å². The molecule has 1 unspecified atom stereocenters. The lowest BCUT2D eigenvalue weighted by Gasteiger charge is -2.14. The maximum Gasteiger partial charge on any atom is 0.284 e. The molecule has 0 bridgehead atoms. The third-order valence-electron chi connectivity index (χ3n) is 2.95. The molecular formula is C14H12BrN3O3. The van der Waals surface area contributed by atoms with Crippen molar-refractivity contribution in [2.45, 2.75) is 13.0 Å². The zero-order chi connectivity index (χ0) is 15.4. The molecule has 0 aliphatic carbocycles. The minimum Gasteiger partial charge on any atom is -0.345 e. The molecule has 0 saturated carbocycles. The van der Waals surface area contributed by atoms with Crippen LogP contribution in [0.2, 0.25) is 0 Å². The predicted molar refractivity (Wildman–Crippen MR) is 80.9 cm³/mol. The van der Waals surface area contributed by atoms with E-state index in [0.717, 1.165) is 5.56 Å². The van der Waals surface area contributed by atoms with E-state index >= 15 is 0 Å². The first kappa shape index (κ1) is 15.1. The van der Waals surface area contributed by atoms with Gasteiger partial charge in [0.05, 0.1) is 16.5 Å². The first-order chi connectivity index (χ1) is 10.0. The summed E-state index contributed by atoms with van der Waals surface area (Å²) in [5, 5.41) is 13.7. The first-order valence-electron chi connectivity index (χ1n) is 6.14. The number of benzene rings is 1. The van der Waals surface area contributed by atoms with Crippen molar-refractivity contribution in [2.24, 2.45) is 0 Å². The molecule has 1 atom stereocenters. The number of hydrogen-bond acceptors (Lipinski definition) is 4. The lowest BCUT2D eigenvalue weighted by Crippen LogP contribution is -2.27. The van der Waals surface area contributed by atoms with Crippen molar-refractivity contribution >= 4 is 27.5 Å². The van der Waals surface area contributed by atoms with Crippen molar-refractivity contribution in [1.29, 1.82) is 0 Å². The van der Waals surface area contributed by atoms with E-state index in [9.17, 15) is 14.9 Å². The molecule has 108 valence electrons. The SMILES string of the molecule is CC(NC(=O)c1cccc([N+](=O)[O-])c1Br)c1cccnc1. The highest BCUT2D eigenvalue weighted by molar-refractivity contribution is 9.10. The van der Waals surface area contributed by atoms with Gasteiger partial charge >= 0.3 is 0 Å². The highest BCUT2D eigenvalue weighted by Gasteiger charge is 2.20. The van der Waals surface area contributed by atoms with Gasteiger partial charge in [-0.05, 0) is 40.5 Å². The molecule has 6 nitrogen and oxygen atoms in total. The summed E-state index contributed by atoms with van der Waals surface area (Å²) < 4.78 is 0.172. The molecule has 21 heavy (non-hydrogen) atoms. The van der Waals surface area contributed by atoms with Crippen LogP contribution >= 0.6 is 15.9 Å². The van der Waals surface area contributed by atoms with Crippen molar-refractivity contribution in [3.8, 4) is 0 Å². The number of hydrogen-bond donors (Lipinski definition) is 1. The Bertz CT molecular complexity index is 676. The van der Waals surface area contributed by atoms with Crippen molar-refractivity contribution in [1.82, 2.24) is 10.3 Å². The van der Waals surface area contributed by atoms with Crippen molar-refractivity contribution in [3.05, 3.63) is 68.4 Å². The topological polar surface area (TPSA) is 85.1 Å². The van der Waals surface area contributed by atoms with Gasteiger partial charge in [0, 0.05) is 18.5 Å². The Balaban J connectivity index is 2.22. The smallest absolute Gasteiger partial charge is 0.284 e. The molecule has 0 radical (unpaired) electrons. The van der Waals surface area contributed by atoms with E-state index in [2.05, 4.69) is 26.2 Å². The van der Waals surface area contributed by atoms with E-state index in [1.54, 1.807) is 18.5 Å². The van der Waals surface area contributed by atoms with E-state index in [0.29, 0.717) is 0 Å². The molecule has 2 rings (SSSR count). The van der Waals surface area contributed by atoms with E-state index in [1.807, 2.05) is 13.0 Å². The van der Waals surface area contributed by atoms with Crippen LogP contribution in [0.4, 0.5) is 5.69 Å². The third kappa shape index (κ3) is 3.43. The number of halogens is 1. The molecule has 0 aliphatic heterocycles. The van der Waals surface area contributed by atoms with Crippen LogP contribution < -0.4 is 5.32 Å². The number of pyridine rings is 1. The van der Waals surface area contributed by atoms with Crippen LogP contribution in [0.5, 0.6) is 0 Å². The molecule has 0 spiro atoms. The second kappa shape index (κ2) is 6.45. The summed E-state index contributed by atoms with van der Waals surface area (Å²) >= 11 is 3.11. The summed E-state index contributed by atoms with van der Waals surface area (Å²) in [5.41, 5.74) is 0.934. The monoisotopic (exact) mass is 349 g/mol. The minimum absolute atomic E-state index is 0.142. The van der Waals surface area contributed by atoms with Crippen LogP contribution in [-0.4, -0.2) is 15.8 Å². The zero-order valence-corrected chi connectivity index (χ0v) is 12.7. The van der Waals surface area contributed by atoms with E-state index in [4.69, 9.17) is 0 Å². The molecule has 1 N–H and O–H groups in total. The maximum absolute atomic E-state index is 12.2. The largest absolute Gasteiger partial charge is 0.345 e. The van der Waals surface area contributed by atoms with Gasteiger partial charge < -0.3 is 5.32 Å². The Morgan fingerprint density at radius 1 is 1.38 bits per heavy atom. The number of carbonyl (C=O) groups is 1. The number of nitrogens with zero attached hydrogens (tertiary/aromatic N) is 2. The van der Waals surface area contributed by atoms with Gasteiger partial charge in [0.25, 0.3) is 11.6 Å². The minimum atomic E-state index is -0.536. The molecule has 1 aromatic carbocycles. The number of nitro benzene ring substituents is 1. The zero-order valence-electron chi connectivity index (χ0n) is 11.1. The van der Waals surface area contributed by atoms with Crippen LogP contribution in [-0.2, 0) is 0 Å². The molecule has 7 heteroatoms. The van der Waals surface area contributed by atoms with Gasteiger partial charge in [-0.25, -0.2) is 0 Å². The van der Waals surface area contributed by atoms with Gasteiger partial charge in [0.2, 0.25) is 0 Å². The van der Waals surface area contributed by atoms with E-state index in [1.165, 1.54) is 18.2 Å². The summed E-state index contributed by atoms with van der Waals surface area (Å²) in [5.74, 6) is -0.387. The lowest BCUT2D eigenvalue weighted by atomic mass is 10.1. The fraction of sp³-hybridized carbons (Fsp3) is 0.143. The maximum atomic E-state index is 12.2. The quantitative estimate of drug-likeness (QED) is 0.678. The number of amides is 1.